The Hall–Kier alpha value is -1.63. The van der Waals surface area contributed by atoms with Crippen LogP contribution in [0.5, 0.6) is 0 Å². The summed E-state index contributed by atoms with van der Waals surface area (Å²) in [5.74, 6) is -0.626. The van der Waals surface area contributed by atoms with Crippen LogP contribution >= 0.6 is 34.5 Å². The van der Waals surface area contributed by atoms with Gasteiger partial charge in [-0.2, -0.15) is 0 Å². The summed E-state index contributed by atoms with van der Waals surface area (Å²) in [7, 11) is 0. The van der Waals surface area contributed by atoms with Crippen molar-refractivity contribution >= 4 is 45.5 Å². The van der Waals surface area contributed by atoms with E-state index in [1.807, 2.05) is 0 Å². The molecular formula is C12H7Cl2NO4S. The van der Waals surface area contributed by atoms with E-state index in [2.05, 4.69) is 0 Å². The number of esters is 1. The van der Waals surface area contributed by atoms with E-state index in [-0.39, 0.29) is 16.5 Å². The Labute approximate surface area is 127 Å². The maximum absolute atomic E-state index is 11.7. The van der Waals surface area contributed by atoms with E-state index in [1.165, 1.54) is 12.1 Å². The van der Waals surface area contributed by atoms with Crippen LogP contribution in [-0.4, -0.2) is 10.9 Å². The Kier molecular flexibility index (Phi) is 4.59. The van der Waals surface area contributed by atoms with Crippen molar-refractivity contribution in [1.29, 1.82) is 0 Å². The minimum absolute atomic E-state index is 0.00912. The van der Waals surface area contributed by atoms with E-state index in [0.29, 0.717) is 15.6 Å². The SMILES string of the molecule is O=C(OCc1cc(Cl)cc(Cl)c1)c1ccc([N+](=O)[O-])s1. The first kappa shape index (κ1) is 14.8. The van der Waals surface area contributed by atoms with E-state index in [4.69, 9.17) is 27.9 Å². The molecule has 0 aliphatic heterocycles. The van der Waals surface area contributed by atoms with E-state index < -0.39 is 10.9 Å². The number of halogens is 2. The van der Waals surface area contributed by atoms with Crippen LogP contribution in [0.3, 0.4) is 0 Å². The zero-order chi connectivity index (χ0) is 14.7. The Morgan fingerprint density at radius 3 is 2.45 bits per heavy atom. The van der Waals surface area contributed by atoms with Gasteiger partial charge in [0.25, 0.3) is 0 Å². The number of hydrogen-bond donors (Lipinski definition) is 0. The number of nitrogens with zero attached hydrogens (tertiary/aromatic N) is 1. The van der Waals surface area contributed by atoms with Gasteiger partial charge in [0.1, 0.15) is 11.5 Å². The average Bonchev–Trinajstić information content (AvgIpc) is 2.84. The maximum atomic E-state index is 11.7. The second-order valence-corrected chi connectivity index (χ2v) is 5.68. The third-order valence-corrected chi connectivity index (χ3v) is 3.72. The summed E-state index contributed by atoms with van der Waals surface area (Å²) in [6, 6.07) is 7.43. The number of ether oxygens (including phenoxy) is 1. The molecule has 2 rings (SSSR count). The zero-order valence-electron chi connectivity index (χ0n) is 9.84. The van der Waals surface area contributed by atoms with Crippen molar-refractivity contribution in [3.8, 4) is 0 Å². The molecule has 0 fully saturated rings. The lowest BCUT2D eigenvalue weighted by atomic mass is 10.2. The summed E-state index contributed by atoms with van der Waals surface area (Å²) < 4.78 is 5.05. The molecule has 2 aromatic rings. The molecule has 0 saturated carbocycles. The van der Waals surface area contributed by atoms with Crippen molar-refractivity contribution in [2.24, 2.45) is 0 Å². The van der Waals surface area contributed by atoms with E-state index >= 15 is 0 Å². The van der Waals surface area contributed by atoms with Crippen LogP contribution in [0.1, 0.15) is 15.2 Å². The van der Waals surface area contributed by atoms with Crippen LogP contribution in [0, 0.1) is 10.1 Å². The molecule has 1 aromatic heterocycles. The third kappa shape index (κ3) is 3.69. The molecule has 0 radical (unpaired) electrons. The summed E-state index contributed by atoms with van der Waals surface area (Å²) in [4.78, 5) is 21.9. The van der Waals surface area contributed by atoms with Crippen molar-refractivity contribution in [3.63, 3.8) is 0 Å². The molecule has 0 spiro atoms. The minimum atomic E-state index is -0.626. The topological polar surface area (TPSA) is 69.4 Å². The van der Waals surface area contributed by atoms with E-state index in [1.54, 1.807) is 18.2 Å². The van der Waals surface area contributed by atoms with Gasteiger partial charge in [0, 0.05) is 16.1 Å². The number of nitro groups is 1. The summed E-state index contributed by atoms with van der Waals surface area (Å²) in [6.45, 7) is -0.00912. The number of carbonyl (C=O) groups is 1. The molecular weight excluding hydrogens is 325 g/mol. The Morgan fingerprint density at radius 1 is 1.25 bits per heavy atom. The molecule has 0 saturated heterocycles. The molecule has 8 heteroatoms. The standard InChI is InChI=1S/C12H7Cl2NO4S/c13-8-3-7(4-9(14)5-8)6-19-12(16)10-1-2-11(20-10)15(17)18/h1-5H,6H2. The smallest absolute Gasteiger partial charge is 0.348 e. The summed E-state index contributed by atoms with van der Waals surface area (Å²) >= 11 is 12.4. The first-order valence-corrected chi connectivity index (χ1v) is 6.89. The molecule has 104 valence electrons. The highest BCUT2D eigenvalue weighted by molar-refractivity contribution is 7.17. The van der Waals surface area contributed by atoms with Crippen molar-refractivity contribution in [1.82, 2.24) is 0 Å². The fourth-order valence-electron chi connectivity index (χ4n) is 1.45. The van der Waals surface area contributed by atoms with Crippen molar-refractivity contribution in [3.05, 3.63) is 60.9 Å². The highest BCUT2D eigenvalue weighted by Crippen LogP contribution is 2.25. The molecule has 5 nitrogen and oxygen atoms in total. The molecule has 0 amide bonds. The second-order valence-electron chi connectivity index (χ2n) is 3.75. The van der Waals surface area contributed by atoms with Crippen LogP contribution in [-0.2, 0) is 11.3 Å². The lowest BCUT2D eigenvalue weighted by Gasteiger charge is -2.04. The Balaban J connectivity index is 2.02. The first-order valence-electron chi connectivity index (χ1n) is 5.32. The van der Waals surface area contributed by atoms with Gasteiger partial charge in [-0.1, -0.05) is 34.5 Å². The predicted molar refractivity (Wildman–Crippen MR) is 76.6 cm³/mol. The second kappa shape index (κ2) is 6.21. The molecule has 1 aromatic carbocycles. The normalized spacial score (nSPS) is 10.3. The van der Waals surface area contributed by atoms with Gasteiger partial charge in [0.2, 0.25) is 0 Å². The molecule has 0 aliphatic carbocycles. The summed E-state index contributed by atoms with van der Waals surface area (Å²) in [5, 5.41) is 11.3. The number of hydrogen-bond acceptors (Lipinski definition) is 5. The van der Waals surface area contributed by atoms with Crippen LogP contribution in [0.15, 0.2) is 30.3 Å². The fraction of sp³-hybridized carbons (Fsp3) is 0.0833. The highest BCUT2D eigenvalue weighted by Gasteiger charge is 2.16. The van der Waals surface area contributed by atoms with Gasteiger partial charge in [-0.25, -0.2) is 4.79 Å². The predicted octanol–water partition coefficient (Wildman–Crippen LogP) is 4.32. The van der Waals surface area contributed by atoms with E-state index in [9.17, 15) is 14.9 Å². The van der Waals surface area contributed by atoms with E-state index in [0.717, 1.165) is 11.3 Å². The van der Waals surface area contributed by atoms with Gasteiger partial charge in [0.05, 0.1) is 4.92 Å². The quantitative estimate of drug-likeness (QED) is 0.475. The van der Waals surface area contributed by atoms with Gasteiger partial charge in [-0.15, -0.1) is 0 Å². The van der Waals surface area contributed by atoms with Crippen LogP contribution < -0.4 is 0 Å². The fourth-order valence-corrected chi connectivity index (χ4v) is 2.74. The summed E-state index contributed by atoms with van der Waals surface area (Å²) in [5.41, 5.74) is 0.641. The van der Waals surface area contributed by atoms with Crippen molar-refractivity contribution < 1.29 is 14.5 Å². The maximum Gasteiger partial charge on any atom is 0.348 e. The first-order chi connectivity index (χ1) is 9.45. The number of rotatable bonds is 4. The lowest BCUT2D eigenvalue weighted by Crippen LogP contribution is -2.03. The Bertz CT molecular complexity index is 651. The monoisotopic (exact) mass is 331 g/mol. The van der Waals surface area contributed by atoms with Gasteiger partial charge in [0.15, 0.2) is 0 Å². The molecule has 0 aliphatic rings. The molecule has 0 unspecified atom stereocenters. The number of carbonyl (C=O) groups excluding carboxylic acids is 1. The molecule has 0 N–H and O–H groups in total. The zero-order valence-corrected chi connectivity index (χ0v) is 12.2. The number of benzene rings is 1. The minimum Gasteiger partial charge on any atom is -0.457 e. The summed E-state index contributed by atoms with van der Waals surface area (Å²) in [6.07, 6.45) is 0. The highest BCUT2D eigenvalue weighted by atomic mass is 35.5. The van der Waals surface area contributed by atoms with Gasteiger partial charge >= 0.3 is 11.0 Å². The van der Waals surface area contributed by atoms with Gasteiger partial charge in [-0.05, 0) is 29.8 Å². The van der Waals surface area contributed by atoms with Crippen LogP contribution in [0.25, 0.3) is 0 Å². The van der Waals surface area contributed by atoms with Gasteiger partial charge < -0.3 is 4.74 Å². The third-order valence-electron chi connectivity index (χ3n) is 2.27. The number of thiophene rings is 1. The molecule has 1 heterocycles. The van der Waals surface area contributed by atoms with Crippen molar-refractivity contribution in [2.75, 3.05) is 0 Å². The molecule has 20 heavy (non-hydrogen) atoms. The molecule has 0 atom stereocenters. The van der Waals surface area contributed by atoms with Crippen LogP contribution in [0.4, 0.5) is 5.00 Å². The lowest BCUT2D eigenvalue weighted by molar-refractivity contribution is -0.380. The van der Waals surface area contributed by atoms with Gasteiger partial charge in [-0.3, -0.25) is 10.1 Å². The molecule has 0 bridgehead atoms. The average molecular weight is 332 g/mol. The Morgan fingerprint density at radius 2 is 1.90 bits per heavy atom. The largest absolute Gasteiger partial charge is 0.457 e. The van der Waals surface area contributed by atoms with Crippen LogP contribution in [0.2, 0.25) is 10.0 Å². The van der Waals surface area contributed by atoms with Crippen molar-refractivity contribution in [2.45, 2.75) is 6.61 Å².